The van der Waals surface area contributed by atoms with Crippen molar-refractivity contribution in [2.24, 2.45) is 5.92 Å². The SMILES string of the molecule is CCCCCCCCCCCCCCCCCCC(C)C(CCCCC)N(C)C.COS(=O)(=O)O. The molecule has 0 aliphatic rings. The van der Waals surface area contributed by atoms with Crippen LogP contribution < -0.4 is 0 Å². The smallest absolute Gasteiger partial charge is 0.306 e. The average Bonchev–Trinajstić information content (AvgIpc) is 2.81. The summed E-state index contributed by atoms with van der Waals surface area (Å²) >= 11 is 0. The van der Waals surface area contributed by atoms with E-state index in [4.69, 9.17) is 4.55 Å². The first-order valence-electron chi connectivity index (χ1n) is 14.9. The third-order valence-electron chi connectivity index (χ3n) is 7.15. The second-order valence-electron chi connectivity index (χ2n) is 10.7. The Labute approximate surface area is 221 Å². The van der Waals surface area contributed by atoms with Gasteiger partial charge >= 0.3 is 10.4 Å². The summed E-state index contributed by atoms with van der Waals surface area (Å²) in [5.41, 5.74) is 0. The predicted molar refractivity (Wildman–Crippen MR) is 154 cm³/mol. The van der Waals surface area contributed by atoms with Gasteiger partial charge in [-0.25, -0.2) is 0 Å². The van der Waals surface area contributed by atoms with Crippen molar-refractivity contribution in [2.45, 2.75) is 162 Å². The third kappa shape index (κ3) is 29.9. The number of rotatable bonds is 24. The number of hydrogen-bond acceptors (Lipinski definition) is 4. The standard InChI is InChI=1S/C28H59N.CH4O4S/c1-6-8-10-11-12-13-14-15-16-17-18-19-20-21-22-24-25-27(3)28(29(4)5)26-23-9-7-2;1-5-6(2,3)4/h27-28H,6-26H2,1-5H3;1H3,(H,2,3,4). The first-order valence-corrected chi connectivity index (χ1v) is 16.2. The Hall–Kier alpha value is -0.170. The van der Waals surface area contributed by atoms with Gasteiger partial charge in [-0.1, -0.05) is 143 Å². The van der Waals surface area contributed by atoms with E-state index in [1.54, 1.807) is 0 Å². The molecule has 0 radical (unpaired) electrons. The summed E-state index contributed by atoms with van der Waals surface area (Å²) in [6, 6.07) is 0.790. The Morgan fingerprint density at radius 2 is 0.914 bits per heavy atom. The molecule has 35 heavy (non-hydrogen) atoms. The van der Waals surface area contributed by atoms with E-state index in [9.17, 15) is 8.42 Å². The highest BCUT2D eigenvalue weighted by atomic mass is 32.3. The zero-order valence-corrected chi connectivity index (χ0v) is 25.3. The van der Waals surface area contributed by atoms with E-state index in [2.05, 4.69) is 43.9 Å². The fourth-order valence-electron chi connectivity index (χ4n) is 4.86. The quantitative estimate of drug-likeness (QED) is 0.101. The van der Waals surface area contributed by atoms with Crippen LogP contribution in [0.25, 0.3) is 0 Å². The Kier molecular flexibility index (Phi) is 28.4. The molecule has 0 fully saturated rings. The highest BCUT2D eigenvalue weighted by molar-refractivity contribution is 7.80. The van der Waals surface area contributed by atoms with Gasteiger partial charge in [-0.2, -0.15) is 8.42 Å². The van der Waals surface area contributed by atoms with Crippen LogP contribution >= 0.6 is 0 Å². The summed E-state index contributed by atoms with van der Waals surface area (Å²) in [6.07, 6.45) is 30.4. The summed E-state index contributed by atoms with van der Waals surface area (Å²) in [5.74, 6) is 0.855. The fraction of sp³-hybridized carbons (Fsp3) is 1.00. The van der Waals surface area contributed by atoms with E-state index in [-0.39, 0.29) is 0 Å². The molecule has 0 heterocycles. The van der Waals surface area contributed by atoms with E-state index < -0.39 is 10.4 Å². The lowest BCUT2D eigenvalue weighted by molar-refractivity contribution is 0.193. The Morgan fingerprint density at radius 3 is 1.23 bits per heavy atom. The van der Waals surface area contributed by atoms with Gasteiger partial charge < -0.3 is 4.90 Å². The third-order valence-corrected chi connectivity index (χ3v) is 7.57. The van der Waals surface area contributed by atoms with Crippen LogP contribution in [0, 0.1) is 5.92 Å². The van der Waals surface area contributed by atoms with Crippen LogP contribution in [-0.4, -0.2) is 45.1 Å². The lowest BCUT2D eigenvalue weighted by atomic mass is 9.90. The van der Waals surface area contributed by atoms with Crippen molar-refractivity contribution in [2.75, 3.05) is 21.2 Å². The summed E-state index contributed by atoms with van der Waals surface area (Å²) in [4.78, 5) is 2.48. The molecule has 0 bridgehead atoms. The van der Waals surface area contributed by atoms with E-state index in [1.807, 2.05) is 0 Å². The predicted octanol–water partition coefficient (Wildman–Crippen LogP) is 9.22. The fourth-order valence-corrected chi connectivity index (χ4v) is 4.86. The lowest BCUT2D eigenvalue weighted by Gasteiger charge is -2.30. The van der Waals surface area contributed by atoms with Gasteiger partial charge in [0.05, 0.1) is 7.11 Å². The maximum Gasteiger partial charge on any atom is 0.397 e. The molecule has 214 valence electrons. The monoisotopic (exact) mass is 521 g/mol. The van der Waals surface area contributed by atoms with Crippen LogP contribution in [0.5, 0.6) is 0 Å². The van der Waals surface area contributed by atoms with Gasteiger partial charge in [0, 0.05) is 6.04 Å². The summed E-state index contributed by atoms with van der Waals surface area (Å²) in [6.45, 7) is 7.10. The van der Waals surface area contributed by atoms with Crippen LogP contribution in [0.15, 0.2) is 0 Å². The molecule has 0 aromatic carbocycles. The van der Waals surface area contributed by atoms with Crippen molar-refractivity contribution >= 4 is 10.4 Å². The molecule has 0 saturated heterocycles. The zero-order valence-electron chi connectivity index (χ0n) is 24.5. The molecule has 0 saturated carbocycles. The highest BCUT2D eigenvalue weighted by Crippen LogP contribution is 2.22. The summed E-state index contributed by atoms with van der Waals surface area (Å²) in [7, 11) is 1.27. The maximum atomic E-state index is 9.33. The second kappa shape index (κ2) is 26.9. The Balaban J connectivity index is 0. The summed E-state index contributed by atoms with van der Waals surface area (Å²) in [5, 5.41) is 0. The molecule has 2 unspecified atom stereocenters. The van der Waals surface area contributed by atoms with Gasteiger partial charge in [0.2, 0.25) is 0 Å². The molecule has 0 aromatic heterocycles. The molecular formula is C29H63NO4S. The largest absolute Gasteiger partial charge is 0.397 e. The minimum atomic E-state index is -4.16. The molecule has 0 spiro atoms. The first kappa shape index (κ1) is 37.0. The van der Waals surface area contributed by atoms with Crippen LogP contribution in [0.4, 0.5) is 0 Å². The topological polar surface area (TPSA) is 66.8 Å². The number of nitrogens with zero attached hydrogens (tertiary/aromatic N) is 1. The van der Waals surface area contributed by atoms with Crippen molar-refractivity contribution in [1.29, 1.82) is 0 Å². The molecule has 5 nitrogen and oxygen atoms in total. The van der Waals surface area contributed by atoms with Crippen molar-refractivity contribution in [3.63, 3.8) is 0 Å². The van der Waals surface area contributed by atoms with Crippen LogP contribution in [0.3, 0.4) is 0 Å². The molecule has 2 atom stereocenters. The maximum absolute atomic E-state index is 9.33. The van der Waals surface area contributed by atoms with Gasteiger partial charge in [0.25, 0.3) is 0 Å². The minimum absolute atomic E-state index is 0.790. The van der Waals surface area contributed by atoms with Crippen LogP contribution in [0.1, 0.15) is 156 Å². The summed E-state index contributed by atoms with van der Waals surface area (Å²) < 4.78 is 29.7. The van der Waals surface area contributed by atoms with Gasteiger partial charge in [0.1, 0.15) is 0 Å². The van der Waals surface area contributed by atoms with E-state index >= 15 is 0 Å². The van der Waals surface area contributed by atoms with Gasteiger partial charge in [-0.3, -0.25) is 8.74 Å². The molecule has 0 aliphatic carbocycles. The van der Waals surface area contributed by atoms with E-state index in [0.29, 0.717) is 0 Å². The molecular weight excluding hydrogens is 458 g/mol. The highest BCUT2D eigenvalue weighted by Gasteiger charge is 2.18. The Morgan fingerprint density at radius 1 is 0.629 bits per heavy atom. The molecule has 6 heteroatoms. The van der Waals surface area contributed by atoms with Crippen LogP contribution in [0.2, 0.25) is 0 Å². The van der Waals surface area contributed by atoms with Gasteiger partial charge in [-0.15, -0.1) is 0 Å². The first-order chi connectivity index (χ1) is 16.7. The molecule has 0 rings (SSSR count). The molecule has 0 aromatic rings. The lowest BCUT2D eigenvalue weighted by Crippen LogP contribution is -2.34. The zero-order chi connectivity index (χ0) is 26.8. The number of hydrogen-bond donors (Lipinski definition) is 1. The second-order valence-corrected chi connectivity index (χ2v) is 11.9. The van der Waals surface area contributed by atoms with Crippen LogP contribution in [-0.2, 0) is 14.6 Å². The Bertz CT molecular complexity index is 511. The van der Waals surface area contributed by atoms with Gasteiger partial charge in [-0.05, 0) is 32.9 Å². The van der Waals surface area contributed by atoms with E-state index in [0.717, 1.165) is 19.1 Å². The molecule has 0 aliphatic heterocycles. The van der Waals surface area contributed by atoms with Gasteiger partial charge in [0.15, 0.2) is 0 Å². The van der Waals surface area contributed by atoms with E-state index in [1.165, 1.54) is 135 Å². The van der Waals surface area contributed by atoms with Crippen molar-refractivity contribution in [1.82, 2.24) is 4.90 Å². The van der Waals surface area contributed by atoms with Crippen molar-refractivity contribution < 1.29 is 17.2 Å². The normalized spacial score (nSPS) is 13.5. The average molecular weight is 522 g/mol. The number of unbranched alkanes of at least 4 members (excludes halogenated alkanes) is 17. The minimum Gasteiger partial charge on any atom is -0.306 e. The van der Waals surface area contributed by atoms with Crippen molar-refractivity contribution in [3.8, 4) is 0 Å². The molecule has 0 amide bonds. The van der Waals surface area contributed by atoms with Crippen molar-refractivity contribution in [3.05, 3.63) is 0 Å². The molecule has 1 N–H and O–H groups in total.